The fourth-order valence-electron chi connectivity index (χ4n) is 1.86. The highest BCUT2D eigenvalue weighted by molar-refractivity contribution is 5.55. The Bertz CT molecular complexity index is 477. The first-order chi connectivity index (χ1) is 8.72. The van der Waals surface area contributed by atoms with Crippen molar-refractivity contribution in [2.75, 3.05) is 14.2 Å². The highest BCUT2D eigenvalue weighted by Crippen LogP contribution is 2.43. The average Bonchev–Trinajstić information content (AvgIpc) is 2.34. The maximum atomic E-state index is 11.2. The Morgan fingerprint density at radius 2 is 1.63 bits per heavy atom. The lowest BCUT2D eigenvalue weighted by molar-refractivity contribution is -0.385. The van der Waals surface area contributed by atoms with Gasteiger partial charge in [-0.25, -0.2) is 0 Å². The molecule has 0 spiro atoms. The number of rotatable bonds is 4. The first-order valence-corrected chi connectivity index (χ1v) is 6.12. The minimum atomic E-state index is -0.375. The van der Waals surface area contributed by atoms with Crippen molar-refractivity contribution in [3.05, 3.63) is 27.8 Å². The SMILES string of the molecule is COc1cc(C(C)C(C)(C)C)c([N+](=O)[O-])cc1OC. The Hall–Kier alpha value is -1.78. The average molecular weight is 267 g/mol. The first kappa shape index (κ1) is 15.3. The van der Waals surface area contributed by atoms with Crippen LogP contribution in [0.1, 0.15) is 39.2 Å². The molecule has 1 aromatic rings. The van der Waals surface area contributed by atoms with Crippen LogP contribution in [0, 0.1) is 15.5 Å². The Morgan fingerprint density at radius 3 is 2.00 bits per heavy atom. The molecule has 106 valence electrons. The molecule has 0 radical (unpaired) electrons. The molecule has 0 aliphatic heterocycles. The summed E-state index contributed by atoms with van der Waals surface area (Å²) in [5, 5.41) is 11.2. The molecule has 0 saturated carbocycles. The number of methoxy groups -OCH3 is 2. The second-order valence-corrected chi connectivity index (χ2v) is 5.61. The molecule has 0 aliphatic rings. The third-order valence-electron chi connectivity index (χ3n) is 3.50. The number of hydrogen-bond acceptors (Lipinski definition) is 4. The molecule has 0 aromatic heterocycles. The standard InChI is InChI=1S/C14H21NO4/c1-9(14(2,3)4)10-7-12(18-5)13(19-6)8-11(10)15(16)17/h7-9H,1-6H3. The fraction of sp³-hybridized carbons (Fsp3) is 0.571. The van der Waals surface area contributed by atoms with Crippen molar-refractivity contribution in [3.63, 3.8) is 0 Å². The number of benzene rings is 1. The van der Waals surface area contributed by atoms with E-state index in [0.29, 0.717) is 17.1 Å². The lowest BCUT2D eigenvalue weighted by atomic mass is 9.77. The molecule has 0 aliphatic carbocycles. The van der Waals surface area contributed by atoms with Crippen molar-refractivity contribution < 1.29 is 14.4 Å². The van der Waals surface area contributed by atoms with Crippen molar-refractivity contribution >= 4 is 5.69 Å². The maximum absolute atomic E-state index is 11.2. The predicted octanol–water partition coefficient (Wildman–Crippen LogP) is 3.76. The van der Waals surface area contributed by atoms with Gasteiger partial charge >= 0.3 is 0 Å². The van der Waals surface area contributed by atoms with E-state index in [4.69, 9.17) is 9.47 Å². The zero-order chi connectivity index (χ0) is 14.8. The number of ether oxygens (including phenoxy) is 2. The molecule has 19 heavy (non-hydrogen) atoms. The van der Waals surface area contributed by atoms with Crippen LogP contribution in [0.25, 0.3) is 0 Å². The van der Waals surface area contributed by atoms with Gasteiger partial charge in [-0.05, 0) is 17.4 Å². The van der Waals surface area contributed by atoms with Crippen LogP contribution in [-0.4, -0.2) is 19.1 Å². The quantitative estimate of drug-likeness (QED) is 0.615. The van der Waals surface area contributed by atoms with Gasteiger partial charge in [0.25, 0.3) is 5.69 Å². The summed E-state index contributed by atoms with van der Waals surface area (Å²) in [7, 11) is 2.99. The Morgan fingerprint density at radius 1 is 1.16 bits per heavy atom. The number of hydrogen-bond donors (Lipinski definition) is 0. The molecule has 1 atom stereocenters. The second kappa shape index (κ2) is 5.47. The minimum Gasteiger partial charge on any atom is -0.493 e. The molecule has 0 heterocycles. The summed E-state index contributed by atoms with van der Waals surface area (Å²) >= 11 is 0. The fourth-order valence-corrected chi connectivity index (χ4v) is 1.86. The zero-order valence-electron chi connectivity index (χ0n) is 12.3. The van der Waals surface area contributed by atoms with E-state index in [1.807, 2.05) is 6.92 Å². The number of nitro groups is 1. The molecular weight excluding hydrogens is 246 g/mol. The number of nitrogens with zero attached hydrogens (tertiary/aromatic N) is 1. The van der Waals surface area contributed by atoms with Gasteiger partial charge in [-0.1, -0.05) is 27.7 Å². The van der Waals surface area contributed by atoms with E-state index in [1.54, 1.807) is 6.07 Å². The third kappa shape index (κ3) is 3.16. The summed E-state index contributed by atoms with van der Waals surface area (Å²) in [5.74, 6) is 0.908. The molecule has 0 fully saturated rings. The predicted molar refractivity (Wildman–Crippen MR) is 74.1 cm³/mol. The molecular formula is C14H21NO4. The van der Waals surface area contributed by atoms with Gasteiger partial charge in [-0.3, -0.25) is 10.1 Å². The van der Waals surface area contributed by atoms with Gasteiger partial charge in [0.2, 0.25) is 0 Å². The Balaban J connectivity index is 3.48. The zero-order valence-corrected chi connectivity index (χ0v) is 12.3. The van der Waals surface area contributed by atoms with Crippen LogP contribution in [0.3, 0.4) is 0 Å². The highest BCUT2D eigenvalue weighted by atomic mass is 16.6. The van der Waals surface area contributed by atoms with E-state index in [1.165, 1.54) is 20.3 Å². The third-order valence-corrected chi connectivity index (χ3v) is 3.50. The number of nitro benzene ring substituents is 1. The van der Waals surface area contributed by atoms with Gasteiger partial charge in [0.1, 0.15) is 0 Å². The highest BCUT2D eigenvalue weighted by Gasteiger charge is 2.30. The molecule has 5 nitrogen and oxygen atoms in total. The van der Waals surface area contributed by atoms with E-state index < -0.39 is 0 Å². The Kier molecular flexibility index (Phi) is 4.39. The Labute approximate surface area is 113 Å². The molecule has 5 heteroatoms. The summed E-state index contributed by atoms with van der Waals surface area (Å²) in [6, 6.07) is 3.13. The largest absolute Gasteiger partial charge is 0.493 e. The van der Waals surface area contributed by atoms with Gasteiger partial charge in [-0.2, -0.15) is 0 Å². The van der Waals surface area contributed by atoms with E-state index in [-0.39, 0.29) is 21.9 Å². The van der Waals surface area contributed by atoms with E-state index in [2.05, 4.69) is 20.8 Å². The molecule has 0 bridgehead atoms. The van der Waals surface area contributed by atoms with Crippen molar-refractivity contribution in [3.8, 4) is 11.5 Å². The smallest absolute Gasteiger partial charge is 0.276 e. The van der Waals surface area contributed by atoms with Crippen LogP contribution in [0.4, 0.5) is 5.69 Å². The summed E-state index contributed by atoms with van der Waals surface area (Å²) in [6.07, 6.45) is 0. The summed E-state index contributed by atoms with van der Waals surface area (Å²) < 4.78 is 10.3. The van der Waals surface area contributed by atoms with Crippen LogP contribution in [0.5, 0.6) is 11.5 Å². The summed E-state index contributed by atoms with van der Waals surface area (Å²) in [5.41, 5.74) is 0.653. The molecule has 1 rings (SSSR count). The first-order valence-electron chi connectivity index (χ1n) is 6.12. The lowest BCUT2D eigenvalue weighted by Crippen LogP contribution is -2.16. The topological polar surface area (TPSA) is 61.6 Å². The monoisotopic (exact) mass is 267 g/mol. The van der Waals surface area contributed by atoms with E-state index in [9.17, 15) is 10.1 Å². The van der Waals surface area contributed by atoms with Gasteiger partial charge in [0.05, 0.1) is 25.2 Å². The minimum absolute atomic E-state index is 0.0210. The summed E-state index contributed by atoms with van der Waals surface area (Å²) in [4.78, 5) is 10.9. The summed E-state index contributed by atoms with van der Waals surface area (Å²) in [6.45, 7) is 8.14. The second-order valence-electron chi connectivity index (χ2n) is 5.61. The van der Waals surface area contributed by atoms with Crippen LogP contribution in [0.2, 0.25) is 0 Å². The van der Waals surface area contributed by atoms with Crippen LogP contribution < -0.4 is 9.47 Å². The van der Waals surface area contributed by atoms with E-state index in [0.717, 1.165) is 0 Å². The molecule has 0 amide bonds. The van der Waals surface area contributed by atoms with Crippen LogP contribution in [-0.2, 0) is 0 Å². The van der Waals surface area contributed by atoms with Crippen molar-refractivity contribution in [1.29, 1.82) is 0 Å². The van der Waals surface area contributed by atoms with Gasteiger partial charge in [0.15, 0.2) is 11.5 Å². The van der Waals surface area contributed by atoms with Crippen LogP contribution in [0.15, 0.2) is 12.1 Å². The lowest BCUT2D eigenvalue weighted by Gasteiger charge is -2.27. The maximum Gasteiger partial charge on any atom is 0.276 e. The van der Waals surface area contributed by atoms with Crippen LogP contribution >= 0.6 is 0 Å². The van der Waals surface area contributed by atoms with Crippen molar-refractivity contribution in [2.45, 2.75) is 33.6 Å². The van der Waals surface area contributed by atoms with E-state index >= 15 is 0 Å². The van der Waals surface area contributed by atoms with Gasteiger partial charge < -0.3 is 9.47 Å². The van der Waals surface area contributed by atoms with Gasteiger partial charge in [-0.15, -0.1) is 0 Å². The van der Waals surface area contributed by atoms with Gasteiger partial charge in [0, 0.05) is 5.56 Å². The van der Waals surface area contributed by atoms with Crippen molar-refractivity contribution in [1.82, 2.24) is 0 Å². The normalized spacial score (nSPS) is 12.9. The molecule has 1 unspecified atom stereocenters. The molecule has 0 saturated heterocycles. The molecule has 0 N–H and O–H groups in total. The van der Waals surface area contributed by atoms with Crippen molar-refractivity contribution in [2.24, 2.45) is 5.41 Å². The molecule has 1 aromatic carbocycles.